The summed E-state index contributed by atoms with van der Waals surface area (Å²) in [6.07, 6.45) is 2.09. The van der Waals surface area contributed by atoms with Crippen molar-refractivity contribution in [1.29, 1.82) is 0 Å². The van der Waals surface area contributed by atoms with E-state index < -0.39 is 30.6 Å². The van der Waals surface area contributed by atoms with Gasteiger partial charge >= 0.3 is 11.9 Å². The van der Waals surface area contributed by atoms with Gasteiger partial charge in [-0.2, -0.15) is 0 Å². The predicted molar refractivity (Wildman–Crippen MR) is 136 cm³/mol. The Bertz CT molecular complexity index is 1180. The molecule has 0 saturated carbocycles. The van der Waals surface area contributed by atoms with Crippen molar-refractivity contribution in [2.45, 2.75) is 44.4 Å². The minimum atomic E-state index is -1.10. The van der Waals surface area contributed by atoms with Gasteiger partial charge in [-0.1, -0.05) is 78.9 Å². The van der Waals surface area contributed by atoms with Crippen LogP contribution >= 0.6 is 0 Å². The summed E-state index contributed by atoms with van der Waals surface area (Å²) < 4.78 is 5.62. The van der Waals surface area contributed by atoms with Crippen molar-refractivity contribution in [2.24, 2.45) is 0 Å². The minimum absolute atomic E-state index is 0.137. The molecule has 2 atom stereocenters. The summed E-state index contributed by atoms with van der Waals surface area (Å²) in [7, 11) is 0. The molecule has 3 aromatic rings. The Morgan fingerprint density at radius 2 is 1.58 bits per heavy atom. The number of rotatable bonds is 10. The van der Waals surface area contributed by atoms with Crippen LogP contribution in [0, 0.1) is 0 Å². The van der Waals surface area contributed by atoms with E-state index >= 15 is 0 Å². The van der Waals surface area contributed by atoms with E-state index in [9.17, 15) is 19.5 Å². The average Bonchev–Trinajstić information content (AvgIpc) is 3.02. The first-order valence-corrected chi connectivity index (χ1v) is 12.1. The SMILES string of the molecule is O=C(O)CN1C(=O)[C@@H](N[C@@H](CCc2ccccc2)C(=O)OCc2ccccc2)CCc2ccccc21. The van der Waals surface area contributed by atoms with Crippen LogP contribution in [0.15, 0.2) is 84.9 Å². The zero-order chi connectivity index (χ0) is 25.3. The van der Waals surface area contributed by atoms with E-state index in [0.717, 1.165) is 16.7 Å². The number of ether oxygens (including phenoxy) is 1. The van der Waals surface area contributed by atoms with Gasteiger partial charge in [-0.3, -0.25) is 24.6 Å². The summed E-state index contributed by atoms with van der Waals surface area (Å²) >= 11 is 0. The standard InChI is InChI=1S/C29H30N2O5/c32-27(33)19-31-26-14-8-7-13-23(26)16-18-24(28(31)34)30-25(17-15-21-9-3-1-4-10-21)29(35)36-20-22-11-5-2-6-12-22/h1-14,24-25,30H,15-20H2,(H,32,33)/t24-,25-/m0/s1. The molecule has 0 spiro atoms. The van der Waals surface area contributed by atoms with Crippen molar-refractivity contribution in [3.8, 4) is 0 Å². The first-order valence-electron chi connectivity index (χ1n) is 12.1. The second-order valence-electron chi connectivity index (χ2n) is 8.87. The molecule has 0 radical (unpaired) electrons. The Labute approximate surface area is 210 Å². The lowest BCUT2D eigenvalue weighted by molar-refractivity contribution is -0.148. The fourth-order valence-electron chi connectivity index (χ4n) is 4.47. The maximum atomic E-state index is 13.5. The number of hydrogen-bond donors (Lipinski definition) is 2. The summed E-state index contributed by atoms with van der Waals surface area (Å²) in [6, 6.07) is 25.1. The Hall–Kier alpha value is -3.97. The fourth-order valence-corrected chi connectivity index (χ4v) is 4.47. The molecule has 7 heteroatoms. The van der Waals surface area contributed by atoms with E-state index in [1.165, 1.54) is 4.90 Å². The molecule has 4 rings (SSSR count). The Morgan fingerprint density at radius 3 is 2.28 bits per heavy atom. The highest BCUT2D eigenvalue weighted by atomic mass is 16.5. The number of esters is 1. The van der Waals surface area contributed by atoms with E-state index in [2.05, 4.69) is 5.32 Å². The van der Waals surface area contributed by atoms with Crippen LogP contribution in [0.4, 0.5) is 5.69 Å². The second-order valence-corrected chi connectivity index (χ2v) is 8.87. The highest BCUT2D eigenvalue weighted by Gasteiger charge is 2.34. The lowest BCUT2D eigenvalue weighted by Gasteiger charge is -2.27. The number of anilines is 1. The molecular formula is C29H30N2O5. The van der Waals surface area contributed by atoms with Gasteiger partial charge in [-0.15, -0.1) is 0 Å². The number of hydrogen-bond acceptors (Lipinski definition) is 5. The number of nitrogens with one attached hydrogen (secondary N) is 1. The third-order valence-electron chi connectivity index (χ3n) is 6.32. The number of carbonyl (C=O) groups excluding carboxylic acids is 2. The molecule has 0 aromatic heterocycles. The first-order chi connectivity index (χ1) is 17.5. The summed E-state index contributed by atoms with van der Waals surface area (Å²) in [4.78, 5) is 39.5. The van der Waals surface area contributed by atoms with Gasteiger partial charge in [-0.25, -0.2) is 0 Å². The van der Waals surface area contributed by atoms with Gasteiger partial charge in [-0.05, 0) is 48.4 Å². The van der Waals surface area contributed by atoms with Crippen molar-refractivity contribution in [1.82, 2.24) is 5.32 Å². The molecule has 1 heterocycles. The monoisotopic (exact) mass is 486 g/mol. The first kappa shape index (κ1) is 25.1. The third kappa shape index (κ3) is 6.58. The number of amides is 1. The van der Waals surface area contributed by atoms with Crippen molar-refractivity contribution >= 4 is 23.5 Å². The minimum Gasteiger partial charge on any atom is -0.480 e. The van der Waals surface area contributed by atoms with E-state index in [-0.39, 0.29) is 12.5 Å². The van der Waals surface area contributed by atoms with Crippen LogP contribution < -0.4 is 10.2 Å². The summed E-state index contributed by atoms with van der Waals surface area (Å²) in [5.41, 5.74) is 3.46. The number of nitrogens with zero attached hydrogens (tertiary/aromatic N) is 1. The van der Waals surface area contributed by atoms with Gasteiger partial charge in [0.25, 0.3) is 0 Å². The summed E-state index contributed by atoms with van der Waals surface area (Å²) in [6.45, 7) is -0.306. The van der Waals surface area contributed by atoms with Crippen LogP contribution in [-0.2, 0) is 38.6 Å². The number of fused-ring (bicyclic) bond motifs is 1. The highest BCUT2D eigenvalue weighted by Crippen LogP contribution is 2.27. The number of benzene rings is 3. The molecule has 1 amide bonds. The third-order valence-corrected chi connectivity index (χ3v) is 6.32. The quantitative estimate of drug-likeness (QED) is 0.424. The molecule has 0 fully saturated rings. The molecule has 36 heavy (non-hydrogen) atoms. The molecular weight excluding hydrogens is 456 g/mol. The van der Waals surface area contributed by atoms with E-state index in [4.69, 9.17) is 4.74 Å². The number of para-hydroxylation sites is 1. The Kier molecular flexibility index (Phi) is 8.47. The fraction of sp³-hybridized carbons (Fsp3) is 0.276. The van der Waals surface area contributed by atoms with Gasteiger partial charge in [0.2, 0.25) is 5.91 Å². The van der Waals surface area contributed by atoms with Gasteiger partial charge in [0.05, 0.1) is 6.04 Å². The van der Waals surface area contributed by atoms with Crippen LogP contribution in [0.1, 0.15) is 29.5 Å². The predicted octanol–water partition coefficient (Wildman–Crippen LogP) is 3.75. The van der Waals surface area contributed by atoms with Gasteiger partial charge in [0, 0.05) is 5.69 Å². The molecule has 2 N–H and O–H groups in total. The second kappa shape index (κ2) is 12.1. The molecule has 0 unspecified atom stereocenters. The average molecular weight is 487 g/mol. The Balaban J connectivity index is 1.52. The molecule has 1 aliphatic rings. The van der Waals surface area contributed by atoms with Crippen LogP contribution in [0.5, 0.6) is 0 Å². The van der Waals surface area contributed by atoms with Gasteiger partial charge < -0.3 is 9.84 Å². The number of aryl methyl sites for hydroxylation is 2. The van der Waals surface area contributed by atoms with Crippen LogP contribution in [0.2, 0.25) is 0 Å². The molecule has 0 bridgehead atoms. The van der Waals surface area contributed by atoms with Crippen LogP contribution in [0.3, 0.4) is 0 Å². The summed E-state index contributed by atoms with van der Waals surface area (Å²) in [5, 5.41) is 12.7. The maximum Gasteiger partial charge on any atom is 0.323 e. The zero-order valence-corrected chi connectivity index (χ0v) is 20.0. The number of carbonyl (C=O) groups is 3. The topological polar surface area (TPSA) is 95.9 Å². The van der Waals surface area contributed by atoms with Crippen LogP contribution in [-0.4, -0.2) is 41.6 Å². The van der Waals surface area contributed by atoms with E-state index in [0.29, 0.717) is 31.4 Å². The molecule has 0 aliphatic carbocycles. The molecule has 1 aliphatic heterocycles. The van der Waals surface area contributed by atoms with E-state index in [1.54, 1.807) is 12.1 Å². The van der Waals surface area contributed by atoms with Gasteiger partial charge in [0.1, 0.15) is 19.2 Å². The lowest BCUT2D eigenvalue weighted by atomic mass is 10.0. The largest absolute Gasteiger partial charge is 0.480 e. The zero-order valence-electron chi connectivity index (χ0n) is 20.0. The maximum absolute atomic E-state index is 13.5. The van der Waals surface area contributed by atoms with Crippen molar-refractivity contribution < 1.29 is 24.2 Å². The molecule has 7 nitrogen and oxygen atoms in total. The number of carboxylic acid groups (broad SMARTS) is 1. The number of carboxylic acids is 1. The molecule has 0 saturated heterocycles. The highest BCUT2D eigenvalue weighted by molar-refractivity contribution is 6.02. The summed E-state index contributed by atoms with van der Waals surface area (Å²) in [5.74, 6) is -1.89. The smallest absolute Gasteiger partial charge is 0.323 e. The Morgan fingerprint density at radius 1 is 0.944 bits per heavy atom. The lowest BCUT2D eigenvalue weighted by Crippen LogP contribution is -2.53. The van der Waals surface area contributed by atoms with Crippen LogP contribution in [0.25, 0.3) is 0 Å². The van der Waals surface area contributed by atoms with Gasteiger partial charge in [0.15, 0.2) is 0 Å². The van der Waals surface area contributed by atoms with Crippen molar-refractivity contribution in [3.63, 3.8) is 0 Å². The molecule has 3 aromatic carbocycles. The van der Waals surface area contributed by atoms with E-state index in [1.807, 2.05) is 72.8 Å². The normalized spacial score (nSPS) is 16.1. The molecule has 186 valence electrons. The number of aliphatic carboxylic acids is 1. The van der Waals surface area contributed by atoms with Crippen molar-refractivity contribution in [3.05, 3.63) is 102 Å². The van der Waals surface area contributed by atoms with Crippen molar-refractivity contribution in [2.75, 3.05) is 11.4 Å².